The van der Waals surface area contributed by atoms with Gasteiger partial charge in [0, 0.05) is 16.2 Å². The summed E-state index contributed by atoms with van der Waals surface area (Å²) in [6.07, 6.45) is 0. The van der Waals surface area contributed by atoms with Crippen molar-refractivity contribution in [3.05, 3.63) is 64.5 Å². The first-order valence-corrected chi connectivity index (χ1v) is 5.47. The molecule has 0 fully saturated rings. The van der Waals surface area contributed by atoms with Gasteiger partial charge in [-0.3, -0.25) is 4.79 Å². The molecule has 88 valence electrons. The van der Waals surface area contributed by atoms with Crippen molar-refractivity contribution in [2.75, 3.05) is 0 Å². The molecule has 18 heavy (non-hydrogen) atoms. The molecular weight excluding hydrogens is 226 g/mol. The molecule has 0 amide bonds. The third-order valence-electron chi connectivity index (χ3n) is 2.63. The van der Waals surface area contributed by atoms with Gasteiger partial charge in [-0.25, -0.2) is 0 Å². The molecule has 4 heteroatoms. The Bertz CT molecular complexity index is 626. The van der Waals surface area contributed by atoms with E-state index in [9.17, 15) is 4.79 Å². The number of rotatable bonds is 3. The van der Waals surface area contributed by atoms with Gasteiger partial charge in [-0.2, -0.15) is 0 Å². The summed E-state index contributed by atoms with van der Waals surface area (Å²) in [6.45, 7) is 1.54. The van der Waals surface area contributed by atoms with Crippen LogP contribution >= 0.6 is 0 Å². The second-order valence-corrected chi connectivity index (χ2v) is 3.87. The molecule has 0 aliphatic heterocycles. The Morgan fingerprint density at radius 2 is 1.83 bits per heavy atom. The molecule has 0 heterocycles. The fourth-order valence-electron chi connectivity index (χ4n) is 1.70. The van der Waals surface area contributed by atoms with Gasteiger partial charge in [-0.15, -0.1) is 0 Å². The molecule has 2 aromatic carbocycles. The number of Topliss-reactive ketones (excluding diaryl/α,β-unsaturated/α-hetero) is 1. The number of hydrogen-bond donors (Lipinski definition) is 0. The zero-order valence-electron chi connectivity index (χ0n) is 9.87. The average Bonchev–Trinajstić information content (AvgIpc) is 2.39. The Balaban J connectivity index is 2.39. The quantitative estimate of drug-likeness (QED) is 0.335. The first-order valence-electron chi connectivity index (χ1n) is 5.47. The summed E-state index contributed by atoms with van der Waals surface area (Å²) in [4.78, 5) is 13.9. The highest BCUT2D eigenvalue weighted by Crippen LogP contribution is 2.24. The standard InChI is InChI=1S/C14H11N3O/c1-10(18)11-5-7-12(8-6-11)13-3-2-4-14(9-13)16-17-15/h2-9H,1H3. The molecule has 4 nitrogen and oxygen atoms in total. The van der Waals surface area contributed by atoms with E-state index < -0.39 is 0 Å². The highest BCUT2D eigenvalue weighted by Gasteiger charge is 2.01. The van der Waals surface area contributed by atoms with Crippen LogP contribution in [0.2, 0.25) is 0 Å². The van der Waals surface area contributed by atoms with Crippen molar-refractivity contribution in [3.8, 4) is 11.1 Å². The Kier molecular flexibility index (Phi) is 3.41. The third kappa shape index (κ3) is 2.56. The fraction of sp³-hybridized carbons (Fsp3) is 0.0714. The minimum atomic E-state index is 0.0457. The molecule has 0 aliphatic carbocycles. The second kappa shape index (κ2) is 5.17. The molecule has 0 saturated carbocycles. The molecule has 0 N–H and O–H groups in total. The van der Waals surface area contributed by atoms with Gasteiger partial charge < -0.3 is 0 Å². The van der Waals surface area contributed by atoms with Gasteiger partial charge in [0.15, 0.2) is 5.78 Å². The molecule has 0 spiro atoms. The summed E-state index contributed by atoms with van der Waals surface area (Å²) in [6, 6.07) is 14.7. The van der Waals surface area contributed by atoms with Crippen molar-refractivity contribution in [2.45, 2.75) is 6.92 Å². The molecule has 0 unspecified atom stereocenters. The molecule has 2 rings (SSSR count). The zero-order valence-corrected chi connectivity index (χ0v) is 9.87. The number of benzene rings is 2. The lowest BCUT2D eigenvalue weighted by molar-refractivity contribution is 0.101. The van der Waals surface area contributed by atoms with E-state index in [4.69, 9.17) is 5.53 Å². The SMILES string of the molecule is CC(=O)c1ccc(-c2cccc(N=[N+]=[N-])c2)cc1. The van der Waals surface area contributed by atoms with Crippen molar-refractivity contribution in [1.82, 2.24) is 0 Å². The fourth-order valence-corrected chi connectivity index (χ4v) is 1.70. The highest BCUT2D eigenvalue weighted by molar-refractivity contribution is 5.94. The monoisotopic (exact) mass is 237 g/mol. The van der Waals surface area contributed by atoms with Crippen LogP contribution in [0, 0.1) is 0 Å². The van der Waals surface area contributed by atoms with E-state index in [-0.39, 0.29) is 5.78 Å². The van der Waals surface area contributed by atoms with Crippen LogP contribution in [-0.2, 0) is 0 Å². The predicted molar refractivity (Wildman–Crippen MR) is 70.7 cm³/mol. The van der Waals surface area contributed by atoms with E-state index in [1.165, 1.54) is 6.92 Å². The predicted octanol–water partition coefficient (Wildman–Crippen LogP) is 4.50. The minimum Gasteiger partial charge on any atom is -0.295 e. The van der Waals surface area contributed by atoms with Gasteiger partial charge in [-0.05, 0) is 29.6 Å². The molecule has 0 radical (unpaired) electrons. The normalized spacial score (nSPS) is 9.61. The summed E-state index contributed by atoms with van der Waals surface area (Å²) >= 11 is 0. The molecule has 0 bridgehead atoms. The highest BCUT2D eigenvalue weighted by atomic mass is 16.1. The number of nitrogens with zero attached hydrogens (tertiary/aromatic N) is 3. The number of carbonyl (C=O) groups is 1. The zero-order chi connectivity index (χ0) is 13.0. The van der Waals surface area contributed by atoms with Crippen LogP contribution in [0.4, 0.5) is 5.69 Å². The van der Waals surface area contributed by atoms with Crippen molar-refractivity contribution in [2.24, 2.45) is 5.11 Å². The Labute approximate surface area is 105 Å². The molecule has 2 aromatic rings. The van der Waals surface area contributed by atoms with Crippen molar-refractivity contribution in [3.63, 3.8) is 0 Å². The first-order chi connectivity index (χ1) is 8.70. The van der Waals surface area contributed by atoms with E-state index >= 15 is 0 Å². The van der Waals surface area contributed by atoms with E-state index in [2.05, 4.69) is 10.0 Å². The van der Waals surface area contributed by atoms with Crippen molar-refractivity contribution >= 4 is 11.5 Å². The second-order valence-electron chi connectivity index (χ2n) is 3.87. The number of hydrogen-bond acceptors (Lipinski definition) is 2. The maximum Gasteiger partial charge on any atom is 0.159 e. The van der Waals surface area contributed by atoms with Crippen molar-refractivity contribution in [1.29, 1.82) is 0 Å². The van der Waals surface area contributed by atoms with Crippen LogP contribution in [0.1, 0.15) is 17.3 Å². The van der Waals surface area contributed by atoms with Crippen LogP contribution in [0.25, 0.3) is 21.6 Å². The molecule has 0 saturated heterocycles. The molecule has 0 atom stereocenters. The van der Waals surface area contributed by atoms with Gasteiger partial charge in [0.25, 0.3) is 0 Å². The number of ketones is 1. The lowest BCUT2D eigenvalue weighted by Gasteiger charge is -2.03. The van der Waals surface area contributed by atoms with E-state index in [1.807, 2.05) is 30.3 Å². The van der Waals surface area contributed by atoms with Crippen LogP contribution in [0.15, 0.2) is 53.6 Å². The minimum absolute atomic E-state index is 0.0457. The van der Waals surface area contributed by atoms with Crippen LogP contribution < -0.4 is 0 Å². The molecular formula is C14H11N3O. The van der Waals surface area contributed by atoms with E-state index in [1.54, 1.807) is 18.2 Å². The number of carbonyl (C=O) groups excluding carboxylic acids is 1. The summed E-state index contributed by atoms with van der Waals surface area (Å²) < 4.78 is 0. The van der Waals surface area contributed by atoms with Crippen LogP contribution in [0.5, 0.6) is 0 Å². The first kappa shape index (κ1) is 11.9. The maximum absolute atomic E-state index is 11.2. The Morgan fingerprint density at radius 3 is 2.44 bits per heavy atom. The lowest BCUT2D eigenvalue weighted by atomic mass is 10.0. The summed E-state index contributed by atoms with van der Waals surface area (Å²) in [5, 5.41) is 3.57. The van der Waals surface area contributed by atoms with E-state index in [0.717, 1.165) is 11.1 Å². The number of azide groups is 1. The van der Waals surface area contributed by atoms with Crippen molar-refractivity contribution < 1.29 is 4.79 Å². The van der Waals surface area contributed by atoms with Gasteiger partial charge in [0.1, 0.15) is 0 Å². The lowest BCUT2D eigenvalue weighted by Crippen LogP contribution is -1.90. The van der Waals surface area contributed by atoms with Gasteiger partial charge in [-0.1, -0.05) is 47.6 Å². The summed E-state index contributed by atoms with van der Waals surface area (Å²) in [5.74, 6) is 0.0457. The third-order valence-corrected chi connectivity index (χ3v) is 2.63. The van der Waals surface area contributed by atoms with Crippen LogP contribution in [0.3, 0.4) is 0 Å². The van der Waals surface area contributed by atoms with E-state index in [0.29, 0.717) is 11.3 Å². The maximum atomic E-state index is 11.2. The van der Waals surface area contributed by atoms with Gasteiger partial charge in [0.05, 0.1) is 0 Å². The van der Waals surface area contributed by atoms with Crippen LogP contribution in [-0.4, -0.2) is 5.78 Å². The molecule has 0 aliphatic rings. The van der Waals surface area contributed by atoms with Gasteiger partial charge >= 0.3 is 0 Å². The summed E-state index contributed by atoms with van der Waals surface area (Å²) in [5.41, 5.74) is 11.6. The Morgan fingerprint density at radius 1 is 1.11 bits per heavy atom. The smallest absolute Gasteiger partial charge is 0.159 e. The topological polar surface area (TPSA) is 65.8 Å². The Hall–Kier alpha value is -2.58. The average molecular weight is 237 g/mol. The van der Waals surface area contributed by atoms with Gasteiger partial charge in [0.2, 0.25) is 0 Å². The largest absolute Gasteiger partial charge is 0.295 e. The summed E-state index contributed by atoms with van der Waals surface area (Å²) in [7, 11) is 0. The molecule has 0 aromatic heterocycles.